The molecule has 0 aliphatic carbocycles. The predicted octanol–water partition coefficient (Wildman–Crippen LogP) is 12.4. The Bertz CT molecular complexity index is 2000. The average Bonchev–Trinajstić information content (AvgIpc) is 3.38. The van der Waals surface area contributed by atoms with Crippen LogP contribution in [-0.4, -0.2) is 29.3 Å². The Morgan fingerprint density at radius 1 is 0.945 bits per heavy atom. The van der Waals surface area contributed by atoms with Crippen LogP contribution in [0.25, 0.3) is 23.4 Å². The summed E-state index contributed by atoms with van der Waals surface area (Å²) in [6, 6.07) is 19.1. The second-order valence-corrected chi connectivity index (χ2v) is 14.5. The Morgan fingerprint density at radius 3 is 1.91 bits per heavy atom. The lowest BCUT2D eigenvalue weighted by atomic mass is 9.86. The number of alkyl halides is 6. The van der Waals surface area contributed by atoms with E-state index < -0.39 is 23.5 Å². The zero-order valence-corrected chi connectivity index (χ0v) is 32.8. The van der Waals surface area contributed by atoms with Crippen LogP contribution >= 0.6 is 27.5 Å². The van der Waals surface area contributed by atoms with E-state index >= 15 is 0 Å². The van der Waals surface area contributed by atoms with Crippen molar-refractivity contribution < 1.29 is 31.1 Å². The summed E-state index contributed by atoms with van der Waals surface area (Å²) < 4.78 is 85.0. The third-order valence-electron chi connectivity index (χ3n) is 8.52. The first-order chi connectivity index (χ1) is 25.9. The minimum atomic E-state index is -4.42. The number of amidine groups is 1. The van der Waals surface area contributed by atoms with Gasteiger partial charge in [-0.3, -0.25) is 10.4 Å². The topological polar surface area (TPSA) is 74.7 Å². The number of hydrazone groups is 1. The van der Waals surface area contributed by atoms with Gasteiger partial charge in [0.2, 0.25) is 0 Å². The minimum Gasteiger partial charge on any atom is -0.361 e. The quantitative estimate of drug-likeness (QED) is 0.104. The van der Waals surface area contributed by atoms with Gasteiger partial charge in [-0.1, -0.05) is 74.0 Å². The Balaban J connectivity index is 0.000000284. The van der Waals surface area contributed by atoms with Crippen LogP contribution in [-0.2, 0) is 23.8 Å². The number of benzene rings is 3. The Kier molecular flexibility index (Phi) is 14.7. The second kappa shape index (κ2) is 18.8. The van der Waals surface area contributed by atoms with Gasteiger partial charge in [0.05, 0.1) is 32.6 Å². The van der Waals surface area contributed by atoms with Gasteiger partial charge >= 0.3 is 12.4 Å². The number of nitrogens with zero attached hydrogens (tertiary/aromatic N) is 4. The van der Waals surface area contributed by atoms with E-state index in [4.69, 9.17) is 16.3 Å². The molecule has 6 nitrogen and oxygen atoms in total. The van der Waals surface area contributed by atoms with Gasteiger partial charge in [-0.2, -0.15) is 36.7 Å². The van der Waals surface area contributed by atoms with Crippen LogP contribution in [0.1, 0.15) is 67.1 Å². The van der Waals surface area contributed by atoms with Gasteiger partial charge in [-0.15, -0.1) is 0 Å². The van der Waals surface area contributed by atoms with E-state index in [1.807, 2.05) is 42.7 Å². The number of halogens is 8. The third-order valence-corrected chi connectivity index (χ3v) is 9.74. The van der Waals surface area contributed by atoms with Crippen molar-refractivity contribution in [2.45, 2.75) is 59.6 Å². The average molecular weight is 847 g/mol. The molecular weight excluding hydrogens is 808 g/mol. The van der Waals surface area contributed by atoms with E-state index in [0.717, 1.165) is 58.5 Å². The maximum atomic E-state index is 12.8. The molecule has 0 saturated carbocycles. The van der Waals surface area contributed by atoms with Crippen LogP contribution < -0.4 is 5.43 Å². The van der Waals surface area contributed by atoms with Crippen LogP contribution in [0, 0.1) is 23.7 Å². The summed E-state index contributed by atoms with van der Waals surface area (Å²) >= 11 is 9.42. The molecule has 1 aliphatic heterocycles. The molecule has 0 amide bonds. The van der Waals surface area contributed by atoms with Crippen molar-refractivity contribution in [3.05, 3.63) is 128 Å². The lowest BCUT2D eigenvalue weighted by Crippen LogP contribution is -2.29. The molecule has 0 radical (unpaired) electrons. The molecule has 1 aromatic heterocycles. The molecule has 0 atom stereocenters. The molecule has 4 aromatic rings. The molecule has 55 heavy (non-hydrogen) atoms. The molecule has 3 aromatic carbocycles. The molecule has 1 N–H and O–H groups in total. The number of nitriles is 1. The van der Waals surface area contributed by atoms with Crippen LogP contribution in [0.3, 0.4) is 0 Å². The van der Waals surface area contributed by atoms with Crippen molar-refractivity contribution in [3.63, 3.8) is 0 Å². The van der Waals surface area contributed by atoms with E-state index in [0.29, 0.717) is 53.1 Å². The number of aliphatic imine (C=N–C) groups is 1. The fourth-order valence-corrected chi connectivity index (χ4v) is 5.88. The lowest BCUT2D eigenvalue weighted by Gasteiger charge is -2.27. The number of hydrogen-bond donors (Lipinski definition) is 1. The fraction of sp³-hybridized carbons (Fsp3) is 0.293. The predicted molar refractivity (Wildman–Crippen MR) is 210 cm³/mol. The maximum Gasteiger partial charge on any atom is 0.416 e. The first-order valence-corrected chi connectivity index (χ1v) is 18.3. The van der Waals surface area contributed by atoms with Gasteiger partial charge in [0.15, 0.2) is 0 Å². The zero-order valence-electron chi connectivity index (χ0n) is 30.5. The van der Waals surface area contributed by atoms with Gasteiger partial charge in [-0.05, 0) is 107 Å². The van der Waals surface area contributed by atoms with Gasteiger partial charge in [-0.25, -0.2) is 0 Å². The molecule has 0 unspecified atom stereocenters. The Morgan fingerprint density at radius 2 is 1.47 bits per heavy atom. The van der Waals surface area contributed by atoms with Crippen molar-refractivity contribution in [1.82, 2.24) is 9.99 Å². The summed E-state index contributed by atoms with van der Waals surface area (Å²) in [6.45, 7) is 9.86. The molecule has 14 heteroatoms. The standard InChI is InChI=1S/C26H25F6N3.C15H14BrClN2O/c1-24(2)16-15-23(33-17-24)35-34-22(13-7-18-3-9-20(10-4-18)25(27,28)29)14-8-19-5-11-21(12-6-19)26(30,31)32;1-3-20-9-19-10(2)14(16)13(8-18)15(19)11-4-6-12(17)7-5-11/h3-14H,15-17H2,1-2H3,(H,33,35);4-7H,3,9H2,1-2H3. The van der Waals surface area contributed by atoms with Crippen molar-refractivity contribution in [2.75, 3.05) is 13.2 Å². The summed E-state index contributed by atoms with van der Waals surface area (Å²) in [5.41, 5.74) is 6.41. The highest BCUT2D eigenvalue weighted by molar-refractivity contribution is 9.10. The molecule has 2 heterocycles. The monoisotopic (exact) mass is 845 g/mol. The molecule has 5 rings (SSSR count). The van der Waals surface area contributed by atoms with E-state index in [1.165, 1.54) is 24.3 Å². The van der Waals surface area contributed by atoms with Crippen molar-refractivity contribution in [3.8, 4) is 17.3 Å². The highest BCUT2D eigenvalue weighted by Crippen LogP contribution is 2.35. The molecule has 1 aliphatic rings. The first-order valence-electron chi connectivity index (χ1n) is 17.1. The smallest absolute Gasteiger partial charge is 0.361 e. The summed E-state index contributed by atoms with van der Waals surface area (Å²) in [4.78, 5) is 4.49. The summed E-state index contributed by atoms with van der Waals surface area (Å²) in [7, 11) is 0. The minimum absolute atomic E-state index is 0.114. The fourth-order valence-electron chi connectivity index (χ4n) is 5.26. The van der Waals surface area contributed by atoms with Crippen LogP contribution in [0.5, 0.6) is 0 Å². The summed E-state index contributed by atoms with van der Waals surface area (Å²) in [6.07, 6.45) is -0.779. The molecule has 0 bridgehead atoms. The molecule has 290 valence electrons. The summed E-state index contributed by atoms with van der Waals surface area (Å²) in [5, 5.41) is 14.4. The normalized spacial score (nSPS) is 14.3. The number of rotatable bonds is 9. The highest BCUT2D eigenvalue weighted by atomic mass is 79.9. The summed E-state index contributed by atoms with van der Waals surface area (Å²) in [5.74, 6) is 0.715. The van der Waals surface area contributed by atoms with Crippen LogP contribution in [0.15, 0.2) is 99.5 Å². The largest absolute Gasteiger partial charge is 0.416 e. The maximum absolute atomic E-state index is 12.8. The van der Waals surface area contributed by atoms with E-state index in [9.17, 15) is 31.6 Å². The van der Waals surface area contributed by atoms with Gasteiger partial charge in [0.25, 0.3) is 0 Å². The van der Waals surface area contributed by atoms with Gasteiger partial charge < -0.3 is 9.30 Å². The Labute approximate surface area is 330 Å². The first kappa shape index (κ1) is 43.1. The molecule has 0 fully saturated rings. The Hall–Kier alpha value is -4.64. The number of hydrogen-bond acceptors (Lipinski definition) is 5. The van der Waals surface area contributed by atoms with Crippen LogP contribution in [0.4, 0.5) is 26.3 Å². The highest BCUT2D eigenvalue weighted by Gasteiger charge is 2.30. The lowest BCUT2D eigenvalue weighted by molar-refractivity contribution is -0.138. The van der Waals surface area contributed by atoms with Gasteiger partial charge in [0, 0.05) is 30.3 Å². The molecular formula is C41H39BrClF6N5O. The number of allylic oxidation sites excluding steroid dienone is 2. The SMILES string of the molecule is CC1(C)CCC(NN=C(C=Cc2ccc(C(F)(F)F)cc2)C=Cc2ccc(C(F)(F)F)cc2)=NC1.CCOCn1c(C)c(Br)c(C#N)c1-c1ccc(Cl)cc1. The number of ether oxygens (including phenoxy) is 1. The van der Waals surface area contributed by atoms with Crippen molar-refractivity contribution in [2.24, 2.45) is 15.5 Å². The second-order valence-electron chi connectivity index (χ2n) is 13.3. The van der Waals surface area contributed by atoms with Crippen molar-refractivity contribution >= 4 is 51.2 Å². The molecule has 0 spiro atoms. The number of aromatic nitrogens is 1. The van der Waals surface area contributed by atoms with Gasteiger partial charge in [0.1, 0.15) is 18.6 Å². The third kappa shape index (κ3) is 12.4. The molecule has 0 saturated heterocycles. The van der Waals surface area contributed by atoms with E-state index in [-0.39, 0.29) is 5.41 Å². The zero-order chi connectivity index (χ0) is 40.4. The number of nitrogens with one attached hydrogen (secondary N) is 1. The van der Waals surface area contributed by atoms with Crippen LogP contribution in [0.2, 0.25) is 5.02 Å². The van der Waals surface area contributed by atoms with E-state index in [2.05, 4.69) is 51.4 Å². The van der Waals surface area contributed by atoms with E-state index in [1.54, 1.807) is 24.3 Å². The van der Waals surface area contributed by atoms with Crippen molar-refractivity contribution in [1.29, 1.82) is 5.26 Å².